The average molecular weight is 344 g/mol. The normalized spacial score (nSPS) is 12.1. The zero-order chi connectivity index (χ0) is 15.2. The Labute approximate surface area is 136 Å². The second-order valence-electron chi connectivity index (χ2n) is 4.32. The van der Waals surface area contributed by atoms with Gasteiger partial charge < -0.3 is 10.5 Å². The minimum Gasteiger partial charge on any atom is -0.493 e. The molecule has 2 aromatic rings. The summed E-state index contributed by atoms with van der Waals surface area (Å²) in [4.78, 5) is 0.534. The van der Waals surface area contributed by atoms with Crippen LogP contribution in [0.1, 0.15) is 5.56 Å². The molecule has 0 fully saturated rings. The number of hydrogen-bond acceptors (Lipinski definition) is 3. The number of hydrogen-bond donors (Lipinski definition) is 1. The molecule has 2 N–H and O–H groups in total. The third-order valence-corrected chi connectivity index (χ3v) is 4.88. The molecule has 0 amide bonds. The van der Waals surface area contributed by atoms with Gasteiger partial charge in [0.15, 0.2) is 0 Å². The third-order valence-electron chi connectivity index (χ3n) is 2.84. The molecule has 0 spiro atoms. The van der Waals surface area contributed by atoms with E-state index in [0.29, 0.717) is 33.8 Å². The SMILES string of the molecule is NCc1ccc(OCCS(=O)c2cc(Cl)ccc2Cl)cc1. The average Bonchev–Trinajstić information content (AvgIpc) is 2.50. The van der Waals surface area contributed by atoms with Crippen molar-refractivity contribution in [1.29, 1.82) is 0 Å². The Morgan fingerprint density at radius 3 is 2.48 bits per heavy atom. The molecule has 0 heterocycles. The van der Waals surface area contributed by atoms with Gasteiger partial charge in [0.25, 0.3) is 0 Å². The molecule has 2 rings (SSSR count). The van der Waals surface area contributed by atoms with Gasteiger partial charge in [0.05, 0.1) is 26.5 Å². The van der Waals surface area contributed by atoms with E-state index in [-0.39, 0.29) is 0 Å². The highest BCUT2D eigenvalue weighted by Crippen LogP contribution is 2.24. The van der Waals surface area contributed by atoms with Gasteiger partial charge in [0.1, 0.15) is 12.4 Å². The molecule has 1 atom stereocenters. The second kappa shape index (κ2) is 7.80. The number of halogens is 2. The quantitative estimate of drug-likeness (QED) is 0.870. The van der Waals surface area contributed by atoms with Gasteiger partial charge in [0, 0.05) is 11.6 Å². The van der Waals surface area contributed by atoms with Gasteiger partial charge in [-0.3, -0.25) is 4.21 Å². The Kier molecular flexibility index (Phi) is 6.06. The molecule has 0 aliphatic rings. The lowest BCUT2D eigenvalue weighted by atomic mass is 10.2. The van der Waals surface area contributed by atoms with E-state index in [2.05, 4.69) is 0 Å². The second-order valence-corrected chi connectivity index (χ2v) is 6.70. The molecule has 1 unspecified atom stereocenters. The van der Waals surface area contributed by atoms with Crippen molar-refractivity contribution < 1.29 is 8.95 Å². The number of benzene rings is 2. The largest absolute Gasteiger partial charge is 0.493 e. The first kappa shape index (κ1) is 16.3. The summed E-state index contributed by atoms with van der Waals surface area (Å²) in [6.45, 7) is 0.828. The number of ether oxygens (including phenoxy) is 1. The van der Waals surface area contributed by atoms with E-state index >= 15 is 0 Å². The minimum atomic E-state index is -1.25. The van der Waals surface area contributed by atoms with E-state index in [0.717, 1.165) is 11.3 Å². The van der Waals surface area contributed by atoms with Crippen LogP contribution in [-0.2, 0) is 17.3 Å². The van der Waals surface area contributed by atoms with E-state index in [4.69, 9.17) is 33.7 Å². The molecule has 0 radical (unpaired) electrons. The van der Waals surface area contributed by atoms with Crippen molar-refractivity contribution in [3.05, 3.63) is 58.1 Å². The molecule has 3 nitrogen and oxygen atoms in total. The highest BCUT2D eigenvalue weighted by molar-refractivity contribution is 7.85. The van der Waals surface area contributed by atoms with Crippen molar-refractivity contribution in [2.75, 3.05) is 12.4 Å². The van der Waals surface area contributed by atoms with Crippen molar-refractivity contribution in [2.45, 2.75) is 11.4 Å². The number of nitrogens with two attached hydrogens (primary N) is 1. The van der Waals surface area contributed by atoms with Gasteiger partial charge in [-0.25, -0.2) is 0 Å². The highest BCUT2D eigenvalue weighted by atomic mass is 35.5. The maximum absolute atomic E-state index is 12.2. The molecule has 0 bridgehead atoms. The lowest BCUT2D eigenvalue weighted by molar-refractivity contribution is 0.342. The summed E-state index contributed by atoms with van der Waals surface area (Å²) in [6.07, 6.45) is 0. The van der Waals surface area contributed by atoms with Crippen LogP contribution in [0.2, 0.25) is 10.0 Å². The van der Waals surface area contributed by atoms with E-state index < -0.39 is 10.8 Å². The van der Waals surface area contributed by atoms with Gasteiger partial charge in [-0.15, -0.1) is 0 Å². The lowest BCUT2D eigenvalue weighted by Crippen LogP contribution is -2.09. The van der Waals surface area contributed by atoms with Gasteiger partial charge in [0.2, 0.25) is 0 Å². The highest BCUT2D eigenvalue weighted by Gasteiger charge is 2.09. The van der Waals surface area contributed by atoms with Crippen LogP contribution >= 0.6 is 23.2 Å². The minimum absolute atomic E-state index is 0.331. The summed E-state index contributed by atoms with van der Waals surface area (Å²) in [5.74, 6) is 1.07. The number of rotatable bonds is 6. The molecule has 0 aliphatic heterocycles. The van der Waals surface area contributed by atoms with Crippen LogP contribution in [0, 0.1) is 0 Å². The molecule has 6 heteroatoms. The van der Waals surface area contributed by atoms with Crippen LogP contribution in [0.3, 0.4) is 0 Å². The Morgan fingerprint density at radius 2 is 1.81 bits per heavy atom. The van der Waals surface area contributed by atoms with E-state index in [1.54, 1.807) is 18.2 Å². The fourth-order valence-electron chi connectivity index (χ4n) is 1.72. The molecule has 0 saturated carbocycles. The monoisotopic (exact) mass is 343 g/mol. The van der Waals surface area contributed by atoms with Crippen LogP contribution in [0.15, 0.2) is 47.4 Å². The van der Waals surface area contributed by atoms with Crippen LogP contribution in [0.25, 0.3) is 0 Å². The standard InChI is InChI=1S/C15H15Cl2NO2S/c16-12-3-6-14(17)15(9-12)21(19)8-7-20-13-4-1-11(10-18)2-5-13/h1-6,9H,7-8,10,18H2. The van der Waals surface area contributed by atoms with Crippen molar-refractivity contribution in [3.8, 4) is 5.75 Å². The summed E-state index contributed by atoms with van der Waals surface area (Å²) in [5.41, 5.74) is 6.56. The Hall–Kier alpha value is -1.07. The van der Waals surface area contributed by atoms with Crippen LogP contribution in [0.4, 0.5) is 0 Å². The Balaban J connectivity index is 1.90. The van der Waals surface area contributed by atoms with Gasteiger partial charge in [-0.05, 0) is 35.9 Å². The van der Waals surface area contributed by atoms with Gasteiger partial charge in [-0.1, -0.05) is 35.3 Å². The fraction of sp³-hybridized carbons (Fsp3) is 0.200. The van der Waals surface area contributed by atoms with Crippen molar-refractivity contribution in [1.82, 2.24) is 0 Å². The molecule has 0 aromatic heterocycles. The molecule has 21 heavy (non-hydrogen) atoms. The molecule has 0 aliphatic carbocycles. The summed E-state index contributed by atoms with van der Waals surface area (Å²) >= 11 is 11.9. The maximum Gasteiger partial charge on any atom is 0.119 e. The predicted molar refractivity (Wildman–Crippen MR) is 87.6 cm³/mol. The fourth-order valence-corrected chi connectivity index (χ4v) is 3.33. The topological polar surface area (TPSA) is 52.3 Å². The molecular weight excluding hydrogens is 329 g/mol. The lowest BCUT2D eigenvalue weighted by Gasteiger charge is -2.08. The zero-order valence-electron chi connectivity index (χ0n) is 11.2. The predicted octanol–water partition coefficient (Wildman–Crippen LogP) is 3.64. The first-order valence-corrected chi connectivity index (χ1v) is 8.43. The van der Waals surface area contributed by atoms with Gasteiger partial charge >= 0.3 is 0 Å². The first-order chi connectivity index (χ1) is 10.1. The zero-order valence-corrected chi connectivity index (χ0v) is 13.5. The van der Waals surface area contributed by atoms with E-state index in [1.807, 2.05) is 24.3 Å². The maximum atomic E-state index is 12.2. The third kappa shape index (κ3) is 4.71. The van der Waals surface area contributed by atoms with Crippen molar-refractivity contribution in [2.24, 2.45) is 5.73 Å². The molecular formula is C15H15Cl2NO2S. The summed E-state index contributed by atoms with van der Waals surface area (Å²) in [7, 11) is -1.25. The van der Waals surface area contributed by atoms with Gasteiger partial charge in [-0.2, -0.15) is 0 Å². The van der Waals surface area contributed by atoms with E-state index in [1.165, 1.54) is 0 Å². The van der Waals surface area contributed by atoms with Crippen molar-refractivity contribution in [3.63, 3.8) is 0 Å². The molecule has 112 valence electrons. The van der Waals surface area contributed by atoms with E-state index in [9.17, 15) is 4.21 Å². The first-order valence-electron chi connectivity index (χ1n) is 6.35. The Morgan fingerprint density at radius 1 is 1.10 bits per heavy atom. The van der Waals surface area contributed by atoms with Crippen molar-refractivity contribution >= 4 is 34.0 Å². The Bertz CT molecular complexity index is 632. The van der Waals surface area contributed by atoms with Crippen LogP contribution in [0.5, 0.6) is 5.75 Å². The summed E-state index contributed by atoms with van der Waals surface area (Å²) in [5, 5.41) is 0.964. The molecule has 0 saturated heterocycles. The van der Waals surface area contributed by atoms with Crippen LogP contribution < -0.4 is 10.5 Å². The molecule has 2 aromatic carbocycles. The smallest absolute Gasteiger partial charge is 0.119 e. The summed E-state index contributed by atoms with van der Waals surface area (Å²) in [6, 6.07) is 12.4. The summed E-state index contributed by atoms with van der Waals surface area (Å²) < 4.78 is 17.7. The van der Waals surface area contributed by atoms with Crippen LogP contribution in [-0.4, -0.2) is 16.6 Å².